The van der Waals surface area contributed by atoms with E-state index in [9.17, 15) is 9.59 Å². The number of hydrogen-bond acceptors (Lipinski definition) is 4. The molecule has 3 N–H and O–H groups in total. The topological polar surface area (TPSA) is 81.7 Å². The summed E-state index contributed by atoms with van der Waals surface area (Å²) in [4.78, 5) is 25.5. The SMILES string of the molecule is CC(C)(C)CN(CCCO)CC(=O)NC(=O)NC(C)(C)C. The highest BCUT2D eigenvalue weighted by molar-refractivity contribution is 5.95. The monoisotopic (exact) mass is 301 g/mol. The normalized spacial score (nSPS) is 12.4. The molecule has 0 saturated heterocycles. The number of urea groups is 1. The number of imide groups is 1. The Bertz CT molecular complexity index is 343. The van der Waals surface area contributed by atoms with Gasteiger partial charge >= 0.3 is 6.03 Å². The zero-order valence-electron chi connectivity index (χ0n) is 14.2. The van der Waals surface area contributed by atoms with Crippen molar-refractivity contribution in [2.75, 3.05) is 26.2 Å². The molecular weight excluding hydrogens is 270 g/mol. The van der Waals surface area contributed by atoms with Crippen LogP contribution in [0.1, 0.15) is 48.0 Å². The fraction of sp³-hybridized carbons (Fsp3) is 0.867. The standard InChI is InChI=1S/C15H31N3O3/c1-14(2,3)11-18(8-7-9-19)10-12(20)16-13(21)17-15(4,5)6/h19H,7-11H2,1-6H3,(H2,16,17,20,21). The Kier molecular flexibility index (Phi) is 7.89. The molecule has 0 aliphatic heterocycles. The number of rotatable bonds is 6. The zero-order valence-corrected chi connectivity index (χ0v) is 14.2. The largest absolute Gasteiger partial charge is 0.396 e. The van der Waals surface area contributed by atoms with Gasteiger partial charge in [0.1, 0.15) is 0 Å². The van der Waals surface area contributed by atoms with Crippen molar-refractivity contribution >= 4 is 11.9 Å². The zero-order chi connectivity index (χ0) is 16.7. The van der Waals surface area contributed by atoms with Gasteiger partial charge in [-0.15, -0.1) is 0 Å². The molecule has 6 heteroatoms. The van der Waals surface area contributed by atoms with Crippen molar-refractivity contribution in [1.29, 1.82) is 0 Å². The maximum absolute atomic E-state index is 11.9. The summed E-state index contributed by atoms with van der Waals surface area (Å²) in [7, 11) is 0. The number of aliphatic hydroxyl groups is 1. The van der Waals surface area contributed by atoms with E-state index in [2.05, 4.69) is 31.4 Å². The second kappa shape index (κ2) is 8.34. The Morgan fingerprint density at radius 3 is 2.10 bits per heavy atom. The lowest BCUT2D eigenvalue weighted by molar-refractivity contribution is -0.121. The van der Waals surface area contributed by atoms with Crippen molar-refractivity contribution < 1.29 is 14.7 Å². The molecule has 6 nitrogen and oxygen atoms in total. The van der Waals surface area contributed by atoms with Crippen molar-refractivity contribution in [2.24, 2.45) is 5.41 Å². The number of nitrogens with one attached hydrogen (secondary N) is 2. The minimum atomic E-state index is -0.481. The number of nitrogens with zero attached hydrogens (tertiary/aromatic N) is 1. The first-order valence-electron chi connectivity index (χ1n) is 7.38. The third-order valence-corrected chi connectivity index (χ3v) is 2.44. The molecule has 0 spiro atoms. The summed E-state index contributed by atoms with van der Waals surface area (Å²) < 4.78 is 0. The van der Waals surface area contributed by atoms with Crippen molar-refractivity contribution in [3.63, 3.8) is 0 Å². The van der Waals surface area contributed by atoms with Crippen molar-refractivity contribution in [3.8, 4) is 0 Å². The fourth-order valence-corrected chi connectivity index (χ4v) is 1.92. The minimum Gasteiger partial charge on any atom is -0.396 e. The molecule has 0 aromatic rings. The van der Waals surface area contributed by atoms with Crippen LogP contribution in [0.2, 0.25) is 0 Å². The summed E-state index contributed by atoms with van der Waals surface area (Å²) in [5.74, 6) is -0.334. The number of carbonyl (C=O) groups is 2. The Labute approximate surface area is 128 Å². The maximum atomic E-state index is 11.9. The van der Waals surface area contributed by atoms with Crippen LogP contribution in [0, 0.1) is 5.41 Å². The molecular formula is C15H31N3O3. The third kappa shape index (κ3) is 12.3. The van der Waals surface area contributed by atoms with E-state index < -0.39 is 6.03 Å². The molecule has 0 atom stereocenters. The lowest BCUT2D eigenvalue weighted by atomic mass is 9.96. The Morgan fingerprint density at radius 1 is 1.10 bits per heavy atom. The molecule has 0 aromatic carbocycles. The number of carbonyl (C=O) groups excluding carboxylic acids is 2. The molecule has 124 valence electrons. The number of hydrogen-bond donors (Lipinski definition) is 3. The number of amides is 3. The number of aliphatic hydroxyl groups excluding tert-OH is 1. The highest BCUT2D eigenvalue weighted by atomic mass is 16.3. The average Bonchev–Trinajstić information content (AvgIpc) is 2.20. The molecule has 0 saturated carbocycles. The van der Waals surface area contributed by atoms with Gasteiger partial charge in [0, 0.05) is 25.2 Å². The van der Waals surface area contributed by atoms with E-state index in [1.165, 1.54) is 0 Å². The van der Waals surface area contributed by atoms with Crippen LogP contribution in [0.25, 0.3) is 0 Å². The van der Waals surface area contributed by atoms with Gasteiger partial charge in [0.15, 0.2) is 0 Å². The second-order valence-corrected chi connectivity index (χ2v) is 7.60. The van der Waals surface area contributed by atoms with Crippen molar-refractivity contribution in [2.45, 2.75) is 53.5 Å². The Morgan fingerprint density at radius 2 is 1.67 bits per heavy atom. The van der Waals surface area contributed by atoms with E-state index in [0.717, 1.165) is 6.54 Å². The van der Waals surface area contributed by atoms with Crippen LogP contribution >= 0.6 is 0 Å². The van der Waals surface area contributed by atoms with Gasteiger partial charge in [0.2, 0.25) is 5.91 Å². The third-order valence-electron chi connectivity index (χ3n) is 2.44. The summed E-state index contributed by atoms with van der Waals surface area (Å²) in [6.07, 6.45) is 0.609. The first-order chi connectivity index (χ1) is 9.43. The van der Waals surface area contributed by atoms with Gasteiger partial charge in [-0.3, -0.25) is 15.0 Å². The van der Waals surface area contributed by atoms with E-state index in [4.69, 9.17) is 5.11 Å². The quantitative estimate of drug-likeness (QED) is 0.691. The first-order valence-corrected chi connectivity index (χ1v) is 7.38. The molecule has 0 fully saturated rings. The first kappa shape index (κ1) is 19.9. The predicted molar refractivity (Wildman–Crippen MR) is 84.0 cm³/mol. The van der Waals surface area contributed by atoms with Crippen LogP contribution in [0.5, 0.6) is 0 Å². The summed E-state index contributed by atoms with van der Waals surface area (Å²) >= 11 is 0. The lowest BCUT2D eigenvalue weighted by Crippen LogP contribution is -2.51. The van der Waals surface area contributed by atoms with Gasteiger partial charge in [0.05, 0.1) is 6.54 Å². The van der Waals surface area contributed by atoms with Crippen LogP contribution < -0.4 is 10.6 Å². The average molecular weight is 301 g/mol. The molecule has 0 unspecified atom stereocenters. The molecule has 21 heavy (non-hydrogen) atoms. The molecule has 0 aliphatic rings. The molecule has 0 aliphatic carbocycles. The van der Waals surface area contributed by atoms with Crippen LogP contribution in [0.4, 0.5) is 4.79 Å². The Hall–Kier alpha value is -1.14. The Balaban J connectivity index is 4.42. The van der Waals surface area contributed by atoms with Gasteiger partial charge < -0.3 is 10.4 Å². The fourth-order valence-electron chi connectivity index (χ4n) is 1.92. The molecule has 0 radical (unpaired) electrons. The van der Waals surface area contributed by atoms with Crippen LogP contribution in [-0.4, -0.2) is 53.7 Å². The molecule has 0 heterocycles. The second-order valence-electron chi connectivity index (χ2n) is 7.60. The highest BCUT2D eigenvalue weighted by Crippen LogP contribution is 2.15. The van der Waals surface area contributed by atoms with E-state index >= 15 is 0 Å². The van der Waals surface area contributed by atoms with E-state index in [1.54, 1.807) is 0 Å². The summed E-state index contributed by atoms with van der Waals surface area (Å²) in [6.45, 7) is 13.4. The van der Waals surface area contributed by atoms with Crippen molar-refractivity contribution in [3.05, 3.63) is 0 Å². The molecule has 0 bridgehead atoms. The van der Waals surface area contributed by atoms with Crippen LogP contribution in [0.3, 0.4) is 0 Å². The minimum absolute atomic E-state index is 0.0450. The maximum Gasteiger partial charge on any atom is 0.321 e. The van der Waals surface area contributed by atoms with Gasteiger partial charge in [-0.25, -0.2) is 4.79 Å². The molecule has 3 amide bonds. The highest BCUT2D eigenvalue weighted by Gasteiger charge is 2.20. The lowest BCUT2D eigenvalue weighted by Gasteiger charge is -2.29. The summed E-state index contributed by atoms with van der Waals surface area (Å²) in [5.41, 5.74) is -0.338. The van der Waals surface area contributed by atoms with Gasteiger partial charge in [0.25, 0.3) is 0 Å². The van der Waals surface area contributed by atoms with Gasteiger partial charge in [-0.1, -0.05) is 20.8 Å². The van der Waals surface area contributed by atoms with Crippen LogP contribution in [0.15, 0.2) is 0 Å². The van der Waals surface area contributed by atoms with Gasteiger partial charge in [-0.05, 0) is 32.6 Å². The van der Waals surface area contributed by atoms with E-state index in [0.29, 0.717) is 13.0 Å². The predicted octanol–water partition coefficient (Wildman–Crippen LogP) is 1.34. The molecule has 0 aromatic heterocycles. The van der Waals surface area contributed by atoms with Crippen molar-refractivity contribution in [1.82, 2.24) is 15.5 Å². The van der Waals surface area contributed by atoms with E-state index in [1.807, 2.05) is 25.7 Å². The summed E-state index contributed by atoms with van der Waals surface area (Å²) in [6, 6.07) is -0.481. The van der Waals surface area contributed by atoms with Crippen LogP contribution in [-0.2, 0) is 4.79 Å². The summed E-state index contributed by atoms with van der Waals surface area (Å²) in [5, 5.41) is 14.0. The molecule has 0 rings (SSSR count). The van der Waals surface area contributed by atoms with Gasteiger partial charge in [-0.2, -0.15) is 0 Å². The smallest absolute Gasteiger partial charge is 0.321 e. The van der Waals surface area contributed by atoms with E-state index in [-0.39, 0.29) is 30.0 Å².